The number of methoxy groups -OCH3 is 1. The summed E-state index contributed by atoms with van der Waals surface area (Å²) in [5.74, 6) is 0.149. The summed E-state index contributed by atoms with van der Waals surface area (Å²) in [6.45, 7) is 0.417. The van der Waals surface area contributed by atoms with Crippen molar-refractivity contribution in [2.75, 3.05) is 14.2 Å². The zero-order valence-corrected chi connectivity index (χ0v) is 10.8. The lowest BCUT2D eigenvalue weighted by Gasteiger charge is -2.17. The molecule has 0 atom stereocenters. The molecule has 2 rings (SSSR count). The van der Waals surface area contributed by atoms with Gasteiger partial charge in [0.1, 0.15) is 11.5 Å². The number of furan rings is 1. The molecule has 5 nitrogen and oxygen atoms in total. The molecule has 1 aromatic heterocycles. The van der Waals surface area contributed by atoms with Gasteiger partial charge in [0.2, 0.25) is 0 Å². The Morgan fingerprint density at radius 1 is 1.42 bits per heavy atom. The van der Waals surface area contributed by atoms with E-state index in [1.54, 1.807) is 37.8 Å². The Kier molecular flexibility index (Phi) is 3.75. The summed E-state index contributed by atoms with van der Waals surface area (Å²) in [5, 5.41) is 9.82. The van der Waals surface area contributed by atoms with Gasteiger partial charge < -0.3 is 19.2 Å². The van der Waals surface area contributed by atoms with E-state index in [0.717, 1.165) is 5.56 Å². The topological polar surface area (TPSA) is 62.9 Å². The van der Waals surface area contributed by atoms with Crippen LogP contribution in [-0.2, 0) is 6.54 Å². The lowest BCUT2D eigenvalue weighted by molar-refractivity contribution is 0.0782. The first-order valence-corrected chi connectivity index (χ1v) is 5.75. The van der Waals surface area contributed by atoms with Gasteiger partial charge >= 0.3 is 0 Å². The quantitative estimate of drug-likeness (QED) is 0.917. The number of rotatable bonds is 4. The molecule has 100 valence electrons. The maximum Gasteiger partial charge on any atom is 0.257 e. The molecule has 0 bridgehead atoms. The fourth-order valence-electron chi connectivity index (χ4n) is 1.75. The van der Waals surface area contributed by atoms with Crippen LogP contribution < -0.4 is 4.74 Å². The summed E-state index contributed by atoms with van der Waals surface area (Å²) in [6.07, 6.45) is 3.14. The van der Waals surface area contributed by atoms with E-state index in [4.69, 9.17) is 9.15 Å². The van der Waals surface area contributed by atoms with Crippen molar-refractivity contribution in [2.45, 2.75) is 6.54 Å². The third-order valence-corrected chi connectivity index (χ3v) is 2.78. The second-order valence-corrected chi connectivity index (χ2v) is 4.18. The summed E-state index contributed by atoms with van der Waals surface area (Å²) in [4.78, 5) is 13.7. The average Bonchev–Trinajstić information content (AvgIpc) is 2.90. The normalized spacial score (nSPS) is 10.2. The Bertz CT molecular complexity index is 563. The molecule has 0 spiro atoms. The minimum Gasteiger partial charge on any atom is -0.507 e. The van der Waals surface area contributed by atoms with Gasteiger partial charge in [-0.2, -0.15) is 0 Å². The first kappa shape index (κ1) is 13.0. The van der Waals surface area contributed by atoms with Crippen LogP contribution in [0.1, 0.15) is 15.9 Å². The molecular weight excluding hydrogens is 246 g/mol. The van der Waals surface area contributed by atoms with Crippen molar-refractivity contribution < 1.29 is 19.1 Å². The molecule has 1 aromatic carbocycles. The number of amides is 1. The molecule has 1 amide bonds. The van der Waals surface area contributed by atoms with Gasteiger partial charge in [-0.05, 0) is 18.2 Å². The zero-order valence-electron chi connectivity index (χ0n) is 10.8. The molecular formula is C14H15NO4. The Morgan fingerprint density at radius 3 is 2.79 bits per heavy atom. The molecule has 0 saturated carbocycles. The number of phenols is 1. The number of carbonyl (C=O) groups is 1. The number of hydrogen-bond acceptors (Lipinski definition) is 4. The number of nitrogens with zero attached hydrogens (tertiary/aromatic N) is 1. The van der Waals surface area contributed by atoms with Gasteiger partial charge in [0, 0.05) is 25.2 Å². The van der Waals surface area contributed by atoms with Crippen LogP contribution in [0.25, 0.3) is 0 Å². The standard InChI is InChI=1S/C14H15NO4/c1-15(8-10-5-6-19-9-10)14(17)12-4-3-11(18-2)7-13(12)16/h3-7,9,16H,8H2,1-2H3. The number of aromatic hydroxyl groups is 1. The largest absolute Gasteiger partial charge is 0.507 e. The molecule has 0 aliphatic carbocycles. The summed E-state index contributed by atoms with van der Waals surface area (Å²) in [7, 11) is 3.17. The Hall–Kier alpha value is -2.43. The van der Waals surface area contributed by atoms with Crippen LogP contribution in [0.15, 0.2) is 41.2 Å². The number of carbonyl (C=O) groups excluding carboxylic acids is 1. The number of phenolic OH excluding ortho intramolecular Hbond substituents is 1. The molecule has 19 heavy (non-hydrogen) atoms. The molecule has 0 unspecified atom stereocenters. The molecule has 0 aliphatic heterocycles. The van der Waals surface area contributed by atoms with E-state index in [1.807, 2.05) is 0 Å². The van der Waals surface area contributed by atoms with E-state index >= 15 is 0 Å². The fraction of sp³-hybridized carbons (Fsp3) is 0.214. The van der Waals surface area contributed by atoms with Crippen LogP contribution in [0.3, 0.4) is 0 Å². The number of hydrogen-bond donors (Lipinski definition) is 1. The van der Waals surface area contributed by atoms with E-state index in [-0.39, 0.29) is 17.2 Å². The van der Waals surface area contributed by atoms with Crippen LogP contribution in [-0.4, -0.2) is 30.1 Å². The highest BCUT2D eigenvalue weighted by atomic mass is 16.5. The first-order valence-electron chi connectivity index (χ1n) is 5.75. The Morgan fingerprint density at radius 2 is 2.21 bits per heavy atom. The van der Waals surface area contributed by atoms with Crippen molar-refractivity contribution in [3.8, 4) is 11.5 Å². The Labute approximate surface area is 111 Å². The van der Waals surface area contributed by atoms with Gasteiger partial charge in [-0.15, -0.1) is 0 Å². The summed E-state index contributed by atoms with van der Waals surface area (Å²) in [5.41, 5.74) is 1.13. The molecule has 1 N–H and O–H groups in total. The summed E-state index contributed by atoms with van der Waals surface area (Å²) in [6, 6.07) is 6.39. The fourth-order valence-corrected chi connectivity index (χ4v) is 1.75. The van der Waals surface area contributed by atoms with Gasteiger partial charge in [0.25, 0.3) is 5.91 Å². The van der Waals surface area contributed by atoms with Crippen molar-refractivity contribution in [1.29, 1.82) is 0 Å². The van der Waals surface area contributed by atoms with Gasteiger partial charge in [-0.1, -0.05) is 0 Å². The van der Waals surface area contributed by atoms with Gasteiger partial charge in [-0.25, -0.2) is 0 Å². The van der Waals surface area contributed by atoms with E-state index < -0.39 is 0 Å². The van der Waals surface area contributed by atoms with E-state index in [1.165, 1.54) is 18.1 Å². The highest BCUT2D eigenvalue weighted by Gasteiger charge is 2.16. The third-order valence-electron chi connectivity index (χ3n) is 2.78. The molecule has 0 fully saturated rings. The average molecular weight is 261 g/mol. The molecule has 0 saturated heterocycles. The van der Waals surface area contributed by atoms with Crippen LogP contribution in [0, 0.1) is 0 Å². The first-order chi connectivity index (χ1) is 9.11. The highest BCUT2D eigenvalue weighted by molar-refractivity contribution is 5.96. The van der Waals surface area contributed by atoms with Crippen LogP contribution in [0.2, 0.25) is 0 Å². The second-order valence-electron chi connectivity index (χ2n) is 4.18. The van der Waals surface area contributed by atoms with Crippen LogP contribution in [0.4, 0.5) is 0 Å². The lowest BCUT2D eigenvalue weighted by atomic mass is 10.1. The minimum atomic E-state index is -0.263. The van der Waals surface area contributed by atoms with Crippen molar-refractivity contribution in [2.24, 2.45) is 0 Å². The smallest absolute Gasteiger partial charge is 0.257 e. The number of benzene rings is 1. The minimum absolute atomic E-state index is 0.0941. The molecule has 0 radical (unpaired) electrons. The number of ether oxygens (including phenoxy) is 1. The van der Waals surface area contributed by atoms with E-state index in [0.29, 0.717) is 12.3 Å². The monoisotopic (exact) mass is 261 g/mol. The molecule has 0 aliphatic rings. The summed E-state index contributed by atoms with van der Waals surface area (Å²) >= 11 is 0. The van der Waals surface area contributed by atoms with Crippen LogP contribution in [0.5, 0.6) is 11.5 Å². The van der Waals surface area contributed by atoms with E-state index in [2.05, 4.69) is 0 Å². The van der Waals surface area contributed by atoms with Gasteiger partial charge in [0.05, 0.1) is 25.2 Å². The van der Waals surface area contributed by atoms with Gasteiger partial charge in [-0.3, -0.25) is 4.79 Å². The maximum absolute atomic E-state index is 12.2. The second kappa shape index (κ2) is 5.48. The Balaban J connectivity index is 2.14. The molecule has 2 aromatic rings. The van der Waals surface area contributed by atoms with E-state index in [9.17, 15) is 9.90 Å². The van der Waals surface area contributed by atoms with Crippen molar-refractivity contribution >= 4 is 5.91 Å². The molecule has 5 heteroatoms. The SMILES string of the molecule is COc1ccc(C(=O)N(C)Cc2ccoc2)c(O)c1. The van der Waals surface area contributed by atoms with Gasteiger partial charge in [0.15, 0.2) is 0 Å². The predicted molar refractivity (Wildman–Crippen MR) is 69.2 cm³/mol. The zero-order chi connectivity index (χ0) is 13.8. The summed E-state index contributed by atoms with van der Waals surface area (Å²) < 4.78 is 9.93. The van der Waals surface area contributed by atoms with Crippen LogP contribution >= 0.6 is 0 Å². The lowest BCUT2D eigenvalue weighted by Crippen LogP contribution is -2.26. The third kappa shape index (κ3) is 2.88. The maximum atomic E-state index is 12.2. The van der Waals surface area contributed by atoms with Crippen molar-refractivity contribution in [1.82, 2.24) is 4.90 Å². The van der Waals surface area contributed by atoms with Crippen molar-refractivity contribution in [3.63, 3.8) is 0 Å². The predicted octanol–water partition coefficient (Wildman–Crippen LogP) is 2.27. The van der Waals surface area contributed by atoms with Crippen molar-refractivity contribution in [3.05, 3.63) is 47.9 Å². The highest BCUT2D eigenvalue weighted by Crippen LogP contribution is 2.24. The molecule has 1 heterocycles.